The number of ether oxygens (including phenoxy) is 2. The monoisotopic (exact) mass is 146 g/mol. The quantitative estimate of drug-likeness (QED) is 0.586. The van der Waals surface area contributed by atoms with Crippen molar-refractivity contribution in [3.63, 3.8) is 0 Å². The normalized spacial score (nSPS) is 41.7. The van der Waals surface area contributed by atoms with Gasteiger partial charge in [0.1, 0.15) is 0 Å². The van der Waals surface area contributed by atoms with Gasteiger partial charge in [0.2, 0.25) is 0 Å². The van der Waals surface area contributed by atoms with Crippen molar-refractivity contribution in [3.8, 4) is 0 Å². The van der Waals surface area contributed by atoms with E-state index in [9.17, 15) is 5.11 Å². The smallest absolute Gasteiger partial charge is 0.160 e. The summed E-state index contributed by atoms with van der Waals surface area (Å²) in [5.74, 6) is 0. The lowest BCUT2D eigenvalue weighted by Gasteiger charge is -2.29. The average Bonchev–Trinajstić information content (AvgIpc) is 1.85. The summed E-state index contributed by atoms with van der Waals surface area (Å²) in [5, 5.41) is 9.22. The minimum Gasteiger partial charge on any atom is -0.393 e. The standard InChI is InChI=1S/C7H14O3/c1-5-3-6(8)4-7(9-2)10-5/h5-8H,3-4H2,1-2H3/t5?,6-,7-/m0/s1. The number of aliphatic hydroxyl groups excluding tert-OH is 1. The summed E-state index contributed by atoms with van der Waals surface area (Å²) < 4.78 is 10.3. The van der Waals surface area contributed by atoms with Gasteiger partial charge in [-0.1, -0.05) is 0 Å². The molecule has 1 aliphatic heterocycles. The first-order valence-electron chi connectivity index (χ1n) is 3.58. The molecule has 3 heteroatoms. The van der Waals surface area contributed by atoms with Crippen LogP contribution in [0.1, 0.15) is 19.8 Å². The van der Waals surface area contributed by atoms with Crippen LogP contribution in [0.15, 0.2) is 0 Å². The summed E-state index contributed by atoms with van der Waals surface area (Å²) in [5.41, 5.74) is 0. The second-order valence-electron chi connectivity index (χ2n) is 2.74. The van der Waals surface area contributed by atoms with Crippen LogP contribution in [0.5, 0.6) is 0 Å². The van der Waals surface area contributed by atoms with Crippen LogP contribution in [0.3, 0.4) is 0 Å². The van der Waals surface area contributed by atoms with E-state index in [-0.39, 0.29) is 18.5 Å². The van der Waals surface area contributed by atoms with Crippen LogP contribution in [0.2, 0.25) is 0 Å². The van der Waals surface area contributed by atoms with E-state index in [1.54, 1.807) is 7.11 Å². The predicted molar refractivity (Wildman–Crippen MR) is 36.6 cm³/mol. The van der Waals surface area contributed by atoms with Gasteiger partial charge in [-0.25, -0.2) is 0 Å². The van der Waals surface area contributed by atoms with Crippen LogP contribution in [-0.2, 0) is 9.47 Å². The Morgan fingerprint density at radius 3 is 2.70 bits per heavy atom. The molecule has 0 saturated carbocycles. The lowest BCUT2D eigenvalue weighted by molar-refractivity contribution is -0.198. The molecule has 1 fully saturated rings. The molecule has 0 aromatic rings. The van der Waals surface area contributed by atoms with E-state index in [2.05, 4.69) is 0 Å². The Bertz CT molecular complexity index is 95.0. The predicted octanol–water partition coefficient (Wildman–Crippen LogP) is 0.519. The average molecular weight is 146 g/mol. The van der Waals surface area contributed by atoms with Gasteiger partial charge >= 0.3 is 0 Å². The zero-order valence-corrected chi connectivity index (χ0v) is 6.41. The zero-order chi connectivity index (χ0) is 7.56. The largest absolute Gasteiger partial charge is 0.393 e. The van der Waals surface area contributed by atoms with Crippen molar-refractivity contribution in [1.82, 2.24) is 0 Å². The van der Waals surface area contributed by atoms with Gasteiger partial charge in [0.25, 0.3) is 0 Å². The first-order valence-corrected chi connectivity index (χ1v) is 3.58. The third kappa shape index (κ3) is 1.94. The van der Waals surface area contributed by atoms with Crippen molar-refractivity contribution in [2.75, 3.05) is 7.11 Å². The third-order valence-corrected chi connectivity index (χ3v) is 1.72. The summed E-state index contributed by atoms with van der Waals surface area (Å²) in [4.78, 5) is 0. The molecule has 60 valence electrons. The molecule has 0 aromatic carbocycles. The molecule has 1 rings (SSSR count). The van der Waals surface area contributed by atoms with Crippen molar-refractivity contribution < 1.29 is 14.6 Å². The molecule has 0 aliphatic carbocycles. The van der Waals surface area contributed by atoms with E-state index >= 15 is 0 Å². The van der Waals surface area contributed by atoms with Gasteiger partial charge in [0, 0.05) is 13.5 Å². The van der Waals surface area contributed by atoms with Crippen molar-refractivity contribution in [2.24, 2.45) is 0 Å². The van der Waals surface area contributed by atoms with Crippen molar-refractivity contribution in [2.45, 2.75) is 38.3 Å². The molecule has 0 spiro atoms. The van der Waals surface area contributed by atoms with Crippen LogP contribution >= 0.6 is 0 Å². The summed E-state index contributed by atoms with van der Waals surface area (Å²) in [7, 11) is 1.59. The summed E-state index contributed by atoms with van der Waals surface area (Å²) >= 11 is 0. The molecule has 3 nitrogen and oxygen atoms in total. The van der Waals surface area contributed by atoms with Gasteiger partial charge in [-0.2, -0.15) is 0 Å². The Kier molecular flexibility index (Phi) is 2.65. The number of hydrogen-bond donors (Lipinski definition) is 1. The Balaban J connectivity index is 2.35. The zero-order valence-electron chi connectivity index (χ0n) is 6.41. The molecule has 1 N–H and O–H groups in total. The second kappa shape index (κ2) is 3.32. The fourth-order valence-corrected chi connectivity index (χ4v) is 1.22. The highest BCUT2D eigenvalue weighted by Gasteiger charge is 2.24. The second-order valence-corrected chi connectivity index (χ2v) is 2.74. The number of rotatable bonds is 1. The molecular formula is C7H14O3. The van der Waals surface area contributed by atoms with E-state index in [1.807, 2.05) is 6.92 Å². The molecule has 1 saturated heterocycles. The maximum absolute atomic E-state index is 9.22. The minimum atomic E-state index is -0.256. The Hall–Kier alpha value is -0.120. The Morgan fingerprint density at radius 1 is 1.50 bits per heavy atom. The Morgan fingerprint density at radius 2 is 2.20 bits per heavy atom. The maximum Gasteiger partial charge on any atom is 0.160 e. The summed E-state index contributed by atoms with van der Waals surface area (Å²) in [6.07, 6.45) is 0.974. The lowest BCUT2D eigenvalue weighted by Crippen LogP contribution is -2.34. The van der Waals surface area contributed by atoms with Crippen LogP contribution in [0, 0.1) is 0 Å². The molecule has 1 unspecified atom stereocenters. The van der Waals surface area contributed by atoms with Gasteiger partial charge in [0.05, 0.1) is 12.2 Å². The SMILES string of the molecule is CO[C@@H]1C[C@@H](O)CC(C)O1. The highest BCUT2D eigenvalue weighted by molar-refractivity contribution is 4.69. The van der Waals surface area contributed by atoms with Crippen LogP contribution in [-0.4, -0.2) is 30.7 Å². The van der Waals surface area contributed by atoms with Crippen LogP contribution < -0.4 is 0 Å². The van der Waals surface area contributed by atoms with E-state index < -0.39 is 0 Å². The molecule has 10 heavy (non-hydrogen) atoms. The number of aliphatic hydroxyl groups is 1. The first kappa shape index (κ1) is 7.98. The Labute approximate surface area is 60.9 Å². The fraction of sp³-hybridized carbons (Fsp3) is 1.00. The van der Waals surface area contributed by atoms with Gasteiger partial charge in [0.15, 0.2) is 6.29 Å². The van der Waals surface area contributed by atoms with Gasteiger partial charge in [-0.15, -0.1) is 0 Å². The van der Waals surface area contributed by atoms with Crippen molar-refractivity contribution >= 4 is 0 Å². The summed E-state index contributed by atoms with van der Waals surface area (Å²) in [6.45, 7) is 1.94. The molecular weight excluding hydrogens is 132 g/mol. The molecule has 0 radical (unpaired) electrons. The molecule has 1 aliphatic rings. The minimum absolute atomic E-state index is 0.119. The molecule has 3 atom stereocenters. The fourth-order valence-electron chi connectivity index (χ4n) is 1.22. The molecule has 1 heterocycles. The van der Waals surface area contributed by atoms with Crippen molar-refractivity contribution in [3.05, 3.63) is 0 Å². The number of hydrogen-bond acceptors (Lipinski definition) is 3. The highest BCUT2D eigenvalue weighted by atomic mass is 16.7. The first-order chi connectivity index (χ1) is 4.72. The third-order valence-electron chi connectivity index (χ3n) is 1.72. The molecule has 0 amide bonds. The van der Waals surface area contributed by atoms with E-state index in [0.29, 0.717) is 6.42 Å². The molecule has 0 bridgehead atoms. The van der Waals surface area contributed by atoms with Gasteiger partial charge in [-0.3, -0.25) is 0 Å². The van der Waals surface area contributed by atoms with Crippen LogP contribution in [0.4, 0.5) is 0 Å². The van der Waals surface area contributed by atoms with Crippen molar-refractivity contribution in [1.29, 1.82) is 0 Å². The highest BCUT2D eigenvalue weighted by Crippen LogP contribution is 2.19. The lowest BCUT2D eigenvalue weighted by atomic mass is 10.1. The topological polar surface area (TPSA) is 38.7 Å². The van der Waals surface area contributed by atoms with E-state index in [4.69, 9.17) is 9.47 Å². The van der Waals surface area contributed by atoms with E-state index in [1.165, 1.54) is 0 Å². The summed E-state index contributed by atoms with van der Waals surface area (Å²) in [6, 6.07) is 0. The van der Waals surface area contributed by atoms with Gasteiger partial charge < -0.3 is 14.6 Å². The number of methoxy groups -OCH3 is 1. The van der Waals surface area contributed by atoms with Gasteiger partial charge in [-0.05, 0) is 13.3 Å². The van der Waals surface area contributed by atoms with E-state index in [0.717, 1.165) is 6.42 Å². The molecule has 0 aromatic heterocycles. The van der Waals surface area contributed by atoms with Crippen LogP contribution in [0.25, 0.3) is 0 Å². The maximum atomic E-state index is 9.22.